The van der Waals surface area contributed by atoms with E-state index in [1.165, 1.54) is 0 Å². The van der Waals surface area contributed by atoms with Gasteiger partial charge in [0.15, 0.2) is 0 Å². The molecule has 0 heterocycles. The zero-order chi connectivity index (χ0) is 5.70. The van der Waals surface area contributed by atoms with Gasteiger partial charge in [-0.3, -0.25) is 0 Å². The van der Waals surface area contributed by atoms with E-state index in [1.807, 2.05) is 0 Å². The zero-order valence-electron chi connectivity index (χ0n) is 4.66. The molecule has 0 unspecified atom stereocenters. The van der Waals surface area contributed by atoms with E-state index < -0.39 is 0 Å². The second-order valence-corrected chi connectivity index (χ2v) is 2.06. The Morgan fingerprint density at radius 2 is 2.14 bits per heavy atom. The second kappa shape index (κ2) is 4.37. The van der Waals surface area contributed by atoms with Gasteiger partial charge in [-0.25, -0.2) is 5.43 Å². The zero-order valence-corrected chi connectivity index (χ0v) is 5.42. The fourth-order valence-corrected chi connectivity index (χ4v) is 0.320. The number of hydrogen-bond donors (Lipinski definition) is 2. The van der Waals surface area contributed by atoms with Gasteiger partial charge in [0.1, 0.15) is 0 Å². The van der Waals surface area contributed by atoms with E-state index in [-0.39, 0.29) is 0 Å². The van der Waals surface area contributed by atoms with Gasteiger partial charge in [0.05, 0.1) is 0 Å². The van der Waals surface area contributed by atoms with Gasteiger partial charge in [0.2, 0.25) is 0 Å². The van der Waals surface area contributed by atoms with Gasteiger partial charge in [-0.15, -0.1) is 0 Å². The van der Waals surface area contributed by atoms with Crippen molar-refractivity contribution in [3.63, 3.8) is 0 Å². The molecular weight excluding hydrogens is 112 g/mol. The van der Waals surface area contributed by atoms with Crippen molar-refractivity contribution >= 4 is 11.8 Å². The van der Waals surface area contributed by atoms with Crippen LogP contribution in [0.15, 0.2) is 0 Å². The molecule has 3 heteroatoms. The van der Waals surface area contributed by atoms with Crippen LogP contribution < -0.4 is 10.4 Å². The van der Waals surface area contributed by atoms with Gasteiger partial charge in [0.25, 0.3) is 0 Å². The Hall–Kier alpha value is 0.210. The fraction of sp³-hybridized carbons (Fsp3) is 1.00. The van der Waals surface area contributed by atoms with Crippen LogP contribution in [0.25, 0.3) is 0 Å². The van der Waals surface area contributed by atoms with Gasteiger partial charge in [-0.1, -0.05) is 13.8 Å². The topological polar surface area (TPSA) is 24.1 Å². The normalized spacial score (nSPS) is 10.3. The fourth-order valence-electron chi connectivity index (χ4n) is 0.243. The van der Waals surface area contributed by atoms with Gasteiger partial charge in [0, 0.05) is 6.54 Å². The van der Waals surface area contributed by atoms with Crippen LogP contribution in [0, 0.1) is 5.92 Å². The average molecular weight is 123 g/mol. The van der Waals surface area contributed by atoms with Crippen molar-refractivity contribution in [3.05, 3.63) is 0 Å². The van der Waals surface area contributed by atoms with Gasteiger partial charge in [-0.2, -0.15) is 4.94 Å². The summed E-state index contributed by atoms with van der Waals surface area (Å²) in [5, 5.41) is 0. The molecule has 0 saturated heterocycles. The highest BCUT2D eigenvalue weighted by Crippen LogP contribution is 1.84. The summed E-state index contributed by atoms with van der Waals surface area (Å²) in [6.45, 7) is 5.13. The molecule has 0 amide bonds. The summed E-state index contributed by atoms with van der Waals surface area (Å²) in [6, 6.07) is 0. The van der Waals surface area contributed by atoms with Crippen LogP contribution in [0.1, 0.15) is 13.8 Å². The molecular formula is C4H11ClN2. The second-order valence-electron chi connectivity index (χ2n) is 1.87. The minimum atomic E-state index is 0.645. The number of rotatable bonds is 3. The summed E-state index contributed by atoms with van der Waals surface area (Å²) in [5.41, 5.74) is 2.76. The Bertz CT molecular complexity index is 38.7. The quantitative estimate of drug-likeness (QED) is 0.429. The number of nitrogens with one attached hydrogen (secondary N) is 2. The van der Waals surface area contributed by atoms with Gasteiger partial charge >= 0.3 is 0 Å². The van der Waals surface area contributed by atoms with Crippen molar-refractivity contribution in [1.29, 1.82) is 0 Å². The molecule has 0 aromatic carbocycles. The lowest BCUT2D eigenvalue weighted by Crippen LogP contribution is -2.26. The van der Waals surface area contributed by atoms with E-state index in [0.29, 0.717) is 5.92 Å². The standard InChI is InChI=1S/C4H11ClN2/c1-4(2)3-6-7-5/h4,6-7H,3H2,1-2H3. The molecule has 0 aliphatic heterocycles. The third-order valence-electron chi connectivity index (χ3n) is 0.577. The van der Waals surface area contributed by atoms with Crippen molar-refractivity contribution in [2.45, 2.75) is 13.8 Å². The molecule has 0 spiro atoms. The first kappa shape index (κ1) is 7.21. The van der Waals surface area contributed by atoms with Gasteiger partial charge in [-0.05, 0) is 17.7 Å². The third kappa shape index (κ3) is 6.21. The van der Waals surface area contributed by atoms with Crippen molar-refractivity contribution in [2.24, 2.45) is 5.92 Å². The Labute approximate surface area is 49.3 Å². The molecule has 0 aliphatic carbocycles. The van der Waals surface area contributed by atoms with E-state index >= 15 is 0 Å². The summed E-state index contributed by atoms with van der Waals surface area (Å²) in [4.78, 5) is 2.32. The first-order valence-corrected chi connectivity index (χ1v) is 2.73. The molecule has 44 valence electrons. The van der Waals surface area contributed by atoms with Crippen LogP contribution in [-0.2, 0) is 0 Å². The van der Waals surface area contributed by atoms with Crippen LogP contribution in [-0.4, -0.2) is 6.54 Å². The predicted octanol–water partition coefficient (Wildman–Crippen LogP) is 0.890. The number of hydrogen-bond acceptors (Lipinski definition) is 2. The molecule has 0 aliphatic rings. The van der Waals surface area contributed by atoms with Crippen LogP contribution in [0.5, 0.6) is 0 Å². The monoisotopic (exact) mass is 122 g/mol. The Morgan fingerprint density at radius 3 is 2.29 bits per heavy atom. The maximum absolute atomic E-state index is 5.08. The summed E-state index contributed by atoms with van der Waals surface area (Å²) in [7, 11) is 0. The minimum Gasteiger partial charge on any atom is -0.243 e. The first-order valence-electron chi connectivity index (χ1n) is 2.36. The largest absolute Gasteiger partial charge is 0.243 e. The third-order valence-corrected chi connectivity index (χ3v) is 0.711. The lowest BCUT2D eigenvalue weighted by molar-refractivity contribution is 0.542. The molecule has 0 rings (SSSR count). The van der Waals surface area contributed by atoms with Crippen LogP contribution in [0.4, 0.5) is 0 Å². The molecule has 0 atom stereocenters. The van der Waals surface area contributed by atoms with Crippen molar-refractivity contribution in [2.75, 3.05) is 6.54 Å². The SMILES string of the molecule is CC(C)CNNCl. The lowest BCUT2D eigenvalue weighted by atomic mass is 10.2. The van der Waals surface area contributed by atoms with Crippen molar-refractivity contribution in [1.82, 2.24) is 10.4 Å². The highest BCUT2D eigenvalue weighted by atomic mass is 35.5. The summed E-state index contributed by atoms with van der Waals surface area (Å²) in [6.07, 6.45) is 0. The Morgan fingerprint density at radius 1 is 1.57 bits per heavy atom. The van der Waals surface area contributed by atoms with E-state index in [1.54, 1.807) is 0 Å². The van der Waals surface area contributed by atoms with Crippen molar-refractivity contribution < 1.29 is 0 Å². The molecule has 2 nitrogen and oxygen atoms in total. The molecule has 0 aromatic rings. The van der Waals surface area contributed by atoms with Crippen LogP contribution in [0.3, 0.4) is 0 Å². The summed E-state index contributed by atoms with van der Waals surface area (Å²) >= 11 is 5.08. The van der Waals surface area contributed by atoms with Crippen LogP contribution >= 0.6 is 11.8 Å². The minimum absolute atomic E-state index is 0.645. The maximum Gasteiger partial charge on any atom is 0.0135 e. The Balaban J connectivity index is 2.68. The first-order chi connectivity index (χ1) is 3.27. The summed E-state index contributed by atoms with van der Waals surface area (Å²) < 4.78 is 0. The molecule has 2 N–H and O–H groups in total. The van der Waals surface area contributed by atoms with Crippen molar-refractivity contribution in [3.8, 4) is 0 Å². The summed E-state index contributed by atoms with van der Waals surface area (Å²) in [5.74, 6) is 0.645. The molecule has 0 bridgehead atoms. The molecule has 7 heavy (non-hydrogen) atoms. The van der Waals surface area contributed by atoms with Gasteiger partial charge < -0.3 is 0 Å². The number of hydrazine groups is 1. The van der Waals surface area contributed by atoms with E-state index in [2.05, 4.69) is 24.2 Å². The van der Waals surface area contributed by atoms with E-state index in [0.717, 1.165) is 6.54 Å². The molecule has 0 saturated carbocycles. The number of halogens is 1. The van der Waals surface area contributed by atoms with E-state index in [9.17, 15) is 0 Å². The highest BCUT2D eigenvalue weighted by Gasteiger charge is 1.87. The smallest absolute Gasteiger partial charge is 0.0135 e. The highest BCUT2D eigenvalue weighted by molar-refractivity contribution is 6.13. The molecule has 0 aromatic heterocycles. The lowest BCUT2D eigenvalue weighted by Gasteiger charge is -2.01. The predicted molar refractivity (Wildman–Crippen MR) is 31.8 cm³/mol. The molecule has 0 radical (unpaired) electrons. The maximum atomic E-state index is 5.08. The average Bonchev–Trinajstić information content (AvgIpc) is 1.61. The Kier molecular flexibility index (Phi) is 4.50. The molecule has 0 fully saturated rings. The van der Waals surface area contributed by atoms with E-state index in [4.69, 9.17) is 11.8 Å². The van der Waals surface area contributed by atoms with Crippen LogP contribution in [0.2, 0.25) is 0 Å².